The molecule has 20 heteroatoms. The van der Waals surface area contributed by atoms with E-state index in [4.69, 9.17) is 21.3 Å². The third kappa shape index (κ3) is 11.9. The minimum absolute atomic E-state index is 0.0271. The number of hydrogen-bond acceptors (Lipinski definition) is 13. The van der Waals surface area contributed by atoms with Crippen molar-refractivity contribution in [3.63, 3.8) is 0 Å². The first-order chi connectivity index (χ1) is 36.3. The summed E-state index contributed by atoms with van der Waals surface area (Å²) in [7, 11) is 0. The number of rotatable bonds is 17. The molecule has 2 aliphatic heterocycles. The second-order valence-corrected chi connectivity index (χ2v) is 23.0. The van der Waals surface area contributed by atoms with Crippen molar-refractivity contribution < 1.29 is 29.0 Å². The highest BCUT2D eigenvalue weighted by atomic mass is 35.5. The van der Waals surface area contributed by atoms with Crippen LogP contribution in [0.15, 0.2) is 95.7 Å². The molecule has 0 bridgehead atoms. The maximum atomic E-state index is 14.1. The molecule has 0 spiro atoms. The molecule has 1 fully saturated rings. The van der Waals surface area contributed by atoms with Crippen LogP contribution in [0.3, 0.4) is 0 Å². The van der Waals surface area contributed by atoms with E-state index in [0.717, 1.165) is 71.6 Å². The normalized spacial score (nSPS) is 17.1. The van der Waals surface area contributed by atoms with Crippen LogP contribution in [0.4, 0.5) is 0 Å². The minimum atomic E-state index is -0.986. The molecule has 0 unspecified atom stereocenters. The van der Waals surface area contributed by atoms with E-state index in [1.807, 2.05) is 131 Å². The number of aromatic nitrogens is 6. The number of aliphatic hydroxyl groups excluding tert-OH is 1. The zero-order valence-corrected chi connectivity index (χ0v) is 46.1. The Bertz CT molecular complexity index is 3280. The molecule has 3 aromatic carbocycles. The minimum Gasteiger partial charge on any atom is -0.391 e. The summed E-state index contributed by atoms with van der Waals surface area (Å²) in [6.45, 7) is 16.0. The summed E-state index contributed by atoms with van der Waals surface area (Å²) >= 11 is 9.52. The molecule has 17 nitrogen and oxygen atoms in total. The molecule has 0 radical (unpaired) electrons. The summed E-state index contributed by atoms with van der Waals surface area (Å²) in [6, 6.07) is 20.6. The van der Waals surface area contributed by atoms with E-state index in [-0.39, 0.29) is 57.0 Å². The van der Waals surface area contributed by atoms with Crippen LogP contribution in [0.25, 0.3) is 26.6 Å². The molecule has 0 aliphatic carbocycles. The van der Waals surface area contributed by atoms with Gasteiger partial charge in [0.2, 0.25) is 23.6 Å². The van der Waals surface area contributed by atoms with E-state index >= 15 is 0 Å². The van der Waals surface area contributed by atoms with Crippen LogP contribution in [-0.2, 0) is 37.0 Å². The van der Waals surface area contributed by atoms with Crippen LogP contribution in [0.2, 0.25) is 5.02 Å². The average Bonchev–Trinajstić information content (AvgIpc) is 4.25. The number of aryl methyl sites for hydroxylation is 3. The van der Waals surface area contributed by atoms with Gasteiger partial charge in [-0.25, -0.2) is 4.98 Å². The first kappa shape index (κ1) is 53.9. The Labute approximate surface area is 454 Å². The highest BCUT2D eigenvalue weighted by molar-refractivity contribution is 7.15. The number of nitrogens with zero attached hydrogens (tertiary/aromatic N) is 8. The van der Waals surface area contributed by atoms with Gasteiger partial charge in [0.25, 0.3) is 0 Å². The van der Waals surface area contributed by atoms with Crippen LogP contribution < -0.4 is 16.0 Å². The van der Waals surface area contributed by atoms with Gasteiger partial charge in [-0.3, -0.25) is 33.4 Å². The molecule has 4 amide bonds. The number of amides is 4. The van der Waals surface area contributed by atoms with Crippen LogP contribution >= 0.6 is 34.3 Å². The van der Waals surface area contributed by atoms with E-state index in [1.54, 1.807) is 33.6 Å². The Morgan fingerprint density at radius 1 is 0.895 bits per heavy atom. The van der Waals surface area contributed by atoms with Gasteiger partial charge in [0.05, 0.1) is 59.7 Å². The Hall–Kier alpha value is -6.90. The van der Waals surface area contributed by atoms with Crippen molar-refractivity contribution >= 4 is 63.6 Å². The largest absolute Gasteiger partial charge is 0.391 e. The van der Waals surface area contributed by atoms with E-state index in [0.29, 0.717) is 17.4 Å². The fourth-order valence-corrected chi connectivity index (χ4v) is 11.7. The molecule has 2 aliphatic rings. The fraction of sp³-hybridized carbons (Fsp3) is 0.375. The molecular formula is C56H62ClN11O6S2. The van der Waals surface area contributed by atoms with Gasteiger partial charge in [-0.1, -0.05) is 93.0 Å². The topological polar surface area (TPSA) is 211 Å². The number of likely N-dealkylation sites (tertiary alicyclic amines) is 1. The number of thiophene rings is 1. The SMILES string of the molecule is Cc1ncsc1-c1ccc(CNC(=O)[C@@H]2C[C@@H](O)CN2C(=O)[C@@H](NC(=O)COCCn2cc(-c3ccc([C@@H](C)NC(=O)C[C@@H]4N=C(c5ccc(Cl)cc5)c5c(sc(C)c5C)-n5c(C)nnc54)cc3)cn2)C(C)(C)C)cc1. The maximum Gasteiger partial charge on any atom is 0.246 e. The monoisotopic (exact) mass is 1080 g/mol. The van der Waals surface area contributed by atoms with Gasteiger partial charge in [-0.2, -0.15) is 5.10 Å². The lowest BCUT2D eigenvalue weighted by Crippen LogP contribution is -2.58. The van der Waals surface area contributed by atoms with Crippen LogP contribution in [-0.4, -0.2) is 107 Å². The van der Waals surface area contributed by atoms with Gasteiger partial charge in [0.1, 0.15) is 35.6 Å². The van der Waals surface area contributed by atoms with Crippen molar-refractivity contribution in [1.29, 1.82) is 0 Å². The highest BCUT2D eigenvalue weighted by Crippen LogP contribution is 2.40. The third-order valence-electron chi connectivity index (χ3n) is 13.9. The molecule has 5 atom stereocenters. The number of carbonyl (C=O) groups is 4. The lowest BCUT2D eigenvalue weighted by atomic mass is 9.85. The molecule has 7 aromatic rings. The smallest absolute Gasteiger partial charge is 0.246 e. The third-order valence-corrected chi connectivity index (χ3v) is 16.3. The Morgan fingerprint density at radius 3 is 2.30 bits per heavy atom. The van der Waals surface area contributed by atoms with Gasteiger partial charge in [-0.05, 0) is 80.0 Å². The second kappa shape index (κ2) is 22.7. The van der Waals surface area contributed by atoms with Crippen LogP contribution in [0, 0.1) is 33.1 Å². The van der Waals surface area contributed by atoms with Crippen LogP contribution in [0.1, 0.15) is 103 Å². The predicted octanol–water partition coefficient (Wildman–Crippen LogP) is 8.19. The van der Waals surface area contributed by atoms with Gasteiger partial charge in [0.15, 0.2) is 5.82 Å². The van der Waals surface area contributed by atoms with Crippen molar-refractivity contribution in [3.05, 3.63) is 146 Å². The number of nitrogens with one attached hydrogen (secondary N) is 3. The summed E-state index contributed by atoms with van der Waals surface area (Å²) in [4.78, 5) is 67.9. The molecule has 6 heterocycles. The number of fused-ring (bicyclic) bond motifs is 3. The van der Waals surface area contributed by atoms with Gasteiger partial charge in [-0.15, -0.1) is 32.9 Å². The van der Waals surface area contributed by atoms with Crippen molar-refractivity contribution in [2.45, 2.75) is 112 Å². The number of hydrogen-bond donors (Lipinski definition) is 4. The Balaban J connectivity index is 0.753. The van der Waals surface area contributed by atoms with Gasteiger partial charge >= 0.3 is 0 Å². The molecular weight excluding hydrogens is 1020 g/mol. The van der Waals surface area contributed by atoms with E-state index in [9.17, 15) is 24.3 Å². The standard InChI is InChI=1S/C56H62ClN11O6S2/c1-31-34(4)76-55-48(31)49(39-17-19-42(57)20-18-39)62-44(52-65-64-35(5)68(52)55)24-46(70)61-32(2)37-13-15-38(16-14-37)41-26-60-66(27-41)21-22-74-29-47(71)63-51(56(6,7)8)54(73)67-28-43(69)23-45(67)53(72)58-25-36-9-11-40(12-10-36)50-33(3)59-30-75-50/h9-20,26-27,30,32,43-45,51,69H,21-25,28-29H2,1-8H3,(H,58,72)(H,61,70)(H,63,71)/t32-,43-,44+,45+,51-/m1/s1. The summed E-state index contributed by atoms with van der Waals surface area (Å²) in [6.07, 6.45) is 2.91. The molecule has 4 N–H and O–H groups in total. The number of thiazole rings is 1. The second-order valence-electron chi connectivity index (χ2n) is 20.5. The molecule has 9 rings (SSSR count). The molecule has 1 saturated heterocycles. The molecule has 4 aromatic heterocycles. The number of carbonyl (C=O) groups excluding carboxylic acids is 4. The lowest BCUT2D eigenvalue weighted by molar-refractivity contribution is -0.144. The zero-order valence-electron chi connectivity index (χ0n) is 43.8. The van der Waals surface area contributed by atoms with Crippen molar-refractivity contribution in [1.82, 2.24) is 50.4 Å². The Kier molecular flexibility index (Phi) is 16.1. The number of aliphatic hydroxyl groups is 1. The van der Waals surface area contributed by atoms with Gasteiger partial charge < -0.3 is 30.7 Å². The lowest BCUT2D eigenvalue weighted by Gasteiger charge is -2.35. The van der Waals surface area contributed by atoms with Crippen molar-refractivity contribution in [3.8, 4) is 26.6 Å². The number of aliphatic imine (C=N–C) groups is 1. The summed E-state index contributed by atoms with van der Waals surface area (Å²) in [5.41, 5.74) is 10.5. The van der Waals surface area contributed by atoms with E-state index in [2.05, 4.69) is 50.1 Å². The maximum absolute atomic E-state index is 14.1. The number of benzene rings is 3. The molecule has 76 heavy (non-hydrogen) atoms. The van der Waals surface area contributed by atoms with Crippen molar-refractivity contribution in [2.24, 2.45) is 10.4 Å². The average molecular weight is 1080 g/mol. The highest BCUT2D eigenvalue weighted by Gasteiger charge is 2.44. The van der Waals surface area contributed by atoms with Crippen molar-refractivity contribution in [2.75, 3.05) is 19.8 Å². The Morgan fingerprint density at radius 2 is 1.61 bits per heavy atom. The van der Waals surface area contributed by atoms with Gasteiger partial charge in [0, 0.05) is 52.3 Å². The van der Waals surface area contributed by atoms with Crippen LogP contribution in [0.5, 0.6) is 0 Å². The predicted molar refractivity (Wildman–Crippen MR) is 295 cm³/mol. The van der Waals surface area contributed by atoms with E-state index < -0.39 is 41.5 Å². The quantitative estimate of drug-likeness (QED) is 0.0643. The zero-order chi connectivity index (χ0) is 54.0. The first-order valence-corrected chi connectivity index (χ1v) is 27.3. The summed E-state index contributed by atoms with van der Waals surface area (Å²) < 4.78 is 9.52. The molecule has 0 saturated carbocycles. The summed E-state index contributed by atoms with van der Waals surface area (Å²) in [5.74, 6) is -0.152. The first-order valence-electron chi connectivity index (χ1n) is 25.2. The number of halogens is 1. The number of β-amino-alcohol motifs (C(OH)–C–C–N with tert-alkyl or cyclic N) is 1. The summed E-state index contributed by atoms with van der Waals surface area (Å²) in [5, 5.41) is 34.7. The number of ether oxygens (including phenoxy) is 1. The fourth-order valence-electron chi connectivity index (χ4n) is 9.60. The molecule has 396 valence electrons. The van der Waals surface area contributed by atoms with E-state index in [1.165, 1.54) is 9.78 Å².